The number of hydrogen-bond donors (Lipinski definition) is 2. The number of nitrogens with zero attached hydrogens (tertiary/aromatic N) is 3. The van der Waals surface area contributed by atoms with Crippen LogP contribution in [0.5, 0.6) is 0 Å². The second kappa shape index (κ2) is 6.00. The van der Waals surface area contributed by atoms with Crippen molar-refractivity contribution in [2.24, 2.45) is 0 Å². The van der Waals surface area contributed by atoms with E-state index in [9.17, 15) is 10.1 Å². The third-order valence-electron chi connectivity index (χ3n) is 1.89. The van der Waals surface area contributed by atoms with Gasteiger partial charge in [-0.15, -0.1) is 0 Å². The van der Waals surface area contributed by atoms with Crippen LogP contribution in [0.3, 0.4) is 0 Å². The average Bonchev–Trinajstić information content (AvgIpc) is 2.25. The van der Waals surface area contributed by atoms with Crippen LogP contribution >= 0.6 is 11.6 Å². The lowest BCUT2D eigenvalue weighted by molar-refractivity contribution is -0.548. The van der Waals surface area contributed by atoms with Gasteiger partial charge in [-0.25, -0.2) is 15.1 Å². The third kappa shape index (κ3) is 4.64. The summed E-state index contributed by atoms with van der Waals surface area (Å²) in [5, 5.41) is 13.0. The Morgan fingerprint density at radius 1 is 1.53 bits per heavy atom. The Morgan fingerprint density at radius 2 is 2.24 bits per heavy atom. The van der Waals surface area contributed by atoms with E-state index in [1.54, 1.807) is 37.0 Å². The summed E-state index contributed by atoms with van der Waals surface area (Å²) in [5.74, 6) is 0.296. The van der Waals surface area contributed by atoms with Gasteiger partial charge in [-0.05, 0) is 6.07 Å². The zero-order valence-corrected chi connectivity index (χ0v) is 10.2. The van der Waals surface area contributed by atoms with Gasteiger partial charge in [-0.1, -0.05) is 17.7 Å². The molecule has 1 heterocycles. The van der Waals surface area contributed by atoms with E-state index in [2.05, 4.69) is 15.7 Å². The highest BCUT2D eigenvalue weighted by atomic mass is 35.5. The van der Waals surface area contributed by atoms with Crippen LogP contribution < -0.4 is 10.7 Å². The van der Waals surface area contributed by atoms with Crippen molar-refractivity contribution < 1.29 is 9.61 Å². The number of hydrazine groups is 1. The van der Waals surface area contributed by atoms with Crippen LogP contribution in [0.4, 0.5) is 0 Å². The molecule has 1 aromatic rings. The molecule has 0 saturated carbocycles. The van der Waals surface area contributed by atoms with Crippen molar-refractivity contribution in [3.63, 3.8) is 0 Å². The summed E-state index contributed by atoms with van der Waals surface area (Å²) in [7, 11) is 3.39. The van der Waals surface area contributed by atoms with Gasteiger partial charge < -0.3 is 0 Å². The van der Waals surface area contributed by atoms with Gasteiger partial charge in [0.2, 0.25) is 5.03 Å². The second-order valence-corrected chi connectivity index (χ2v) is 3.84. The fourth-order valence-electron chi connectivity index (χ4n) is 1.08. The smallest absolute Gasteiger partial charge is 0.269 e. The number of pyridine rings is 1. The number of nitro groups is 1. The van der Waals surface area contributed by atoms with Crippen LogP contribution in [0.1, 0.15) is 5.56 Å². The van der Waals surface area contributed by atoms with Gasteiger partial charge in [-0.3, -0.25) is 9.89 Å². The molecule has 0 saturated heterocycles. The topological polar surface area (TPSA) is 83.1 Å². The maximum absolute atomic E-state index is 10.3. The fraction of sp³-hybridized carbons (Fsp3) is 0.333. The molecule has 7 nitrogen and oxygen atoms in total. The molecule has 0 atom stereocenters. The van der Waals surface area contributed by atoms with E-state index in [0.717, 1.165) is 5.56 Å². The van der Waals surface area contributed by atoms with Crippen LogP contribution in [0.2, 0.25) is 5.15 Å². The molecule has 8 heteroatoms. The molecule has 0 aliphatic heterocycles. The Hall–Kier alpha value is -1.89. The van der Waals surface area contributed by atoms with E-state index in [1.807, 2.05) is 0 Å². The normalized spacial score (nSPS) is 9.59. The Balaban J connectivity index is 2.62. The third-order valence-corrected chi connectivity index (χ3v) is 2.12. The predicted octanol–water partition coefficient (Wildman–Crippen LogP) is 0.234. The van der Waals surface area contributed by atoms with Gasteiger partial charge in [0.25, 0.3) is 0 Å². The standard InChI is InChI=1S/C9H12ClN5O2/c1-14(2)9(13-15(16)17)12-6-7-3-4-8(10)11-5-7/h3-5H,6H2,1-2H3,(H,12,13)/p+1. The summed E-state index contributed by atoms with van der Waals surface area (Å²) in [6, 6.07) is 3.45. The van der Waals surface area contributed by atoms with Gasteiger partial charge >= 0.3 is 5.96 Å². The van der Waals surface area contributed by atoms with E-state index in [-0.39, 0.29) is 0 Å². The highest BCUT2D eigenvalue weighted by Gasteiger charge is 2.14. The van der Waals surface area contributed by atoms with E-state index in [1.165, 1.54) is 0 Å². The largest absolute Gasteiger partial charge is 0.408 e. The van der Waals surface area contributed by atoms with Gasteiger partial charge in [-0.2, -0.15) is 0 Å². The predicted molar refractivity (Wildman–Crippen MR) is 63.3 cm³/mol. The minimum Gasteiger partial charge on any atom is -0.269 e. The van der Waals surface area contributed by atoms with Crippen molar-refractivity contribution in [2.75, 3.05) is 14.1 Å². The molecule has 1 aromatic heterocycles. The number of guanidine groups is 1. The number of hydrogen-bond acceptors (Lipinski definition) is 3. The number of aromatic nitrogens is 1. The molecular formula is C9H13ClN5O2+. The molecule has 0 spiro atoms. The van der Waals surface area contributed by atoms with Crippen molar-refractivity contribution in [2.45, 2.75) is 6.54 Å². The van der Waals surface area contributed by atoms with Crippen molar-refractivity contribution in [1.29, 1.82) is 0 Å². The van der Waals surface area contributed by atoms with E-state index < -0.39 is 5.03 Å². The first-order chi connectivity index (χ1) is 7.99. The summed E-state index contributed by atoms with van der Waals surface area (Å²) in [6.45, 7) is 0.415. The molecule has 0 unspecified atom stereocenters. The minimum absolute atomic E-state index is 0.296. The van der Waals surface area contributed by atoms with Crippen LogP contribution in [-0.4, -0.2) is 34.6 Å². The second-order valence-electron chi connectivity index (χ2n) is 3.45. The molecule has 0 amide bonds. The molecule has 92 valence electrons. The highest BCUT2D eigenvalue weighted by molar-refractivity contribution is 6.29. The number of halogens is 1. The highest BCUT2D eigenvalue weighted by Crippen LogP contribution is 2.04. The lowest BCUT2D eigenvalue weighted by atomic mass is 10.3. The van der Waals surface area contributed by atoms with Crippen LogP contribution in [0.15, 0.2) is 18.3 Å². The lowest BCUT2D eigenvalue weighted by Crippen LogP contribution is -2.45. The molecule has 2 N–H and O–H groups in total. The molecular weight excluding hydrogens is 246 g/mol. The Bertz CT molecular complexity index is 428. The van der Waals surface area contributed by atoms with Gasteiger partial charge in [0, 0.05) is 17.2 Å². The number of rotatable bonds is 3. The summed E-state index contributed by atoms with van der Waals surface area (Å²) in [5.41, 5.74) is 2.94. The van der Waals surface area contributed by atoms with Gasteiger partial charge in [0.1, 0.15) is 5.15 Å². The van der Waals surface area contributed by atoms with Crippen LogP contribution in [-0.2, 0) is 6.54 Å². The average molecular weight is 259 g/mol. The maximum atomic E-state index is 10.3. The van der Waals surface area contributed by atoms with Gasteiger partial charge in [0.05, 0.1) is 20.6 Å². The lowest BCUT2D eigenvalue weighted by Gasteiger charge is -2.03. The first-order valence-corrected chi connectivity index (χ1v) is 5.16. The number of nitrogens with one attached hydrogen (secondary N) is 2. The molecule has 1 rings (SSSR count). The Kier molecular flexibility index (Phi) is 4.65. The van der Waals surface area contributed by atoms with Crippen molar-refractivity contribution >= 4 is 17.6 Å². The minimum atomic E-state index is -0.623. The van der Waals surface area contributed by atoms with E-state index >= 15 is 0 Å². The zero-order chi connectivity index (χ0) is 12.8. The Morgan fingerprint density at radius 3 is 2.71 bits per heavy atom. The zero-order valence-electron chi connectivity index (χ0n) is 9.48. The SMILES string of the molecule is C[N+](C)=C(NCc1ccc(Cl)nc1)N[N+](=O)[O-]. The summed E-state index contributed by atoms with van der Waals surface area (Å²) >= 11 is 5.65. The van der Waals surface area contributed by atoms with E-state index in [4.69, 9.17) is 11.6 Å². The quantitative estimate of drug-likeness (QED) is 0.203. The summed E-state index contributed by atoms with van der Waals surface area (Å²) in [4.78, 5) is 14.3. The molecule has 0 radical (unpaired) electrons. The fourth-order valence-corrected chi connectivity index (χ4v) is 1.19. The van der Waals surface area contributed by atoms with Crippen molar-refractivity contribution in [3.05, 3.63) is 39.2 Å². The molecule has 17 heavy (non-hydrogen) atoms. The maximum Gasteiger partial charge on any atom is 0.408 e. The van der Waals surface area contributed by atoms with Crippen LogP contribution in [0.25, 0.3) is 0 Å². The first-order valence-electron chi connectivity index (χ1n) is 4.78. The molecule has 0 fully saturated rings. The van der Waals surface area contributed by atoms with Gasteiger partial charge in [0.15, 0.2) is 0 Å². The first kappa shape index (κ1) is 13.2. The van der Waals surface area contributed by atoms with Crippen molar-refractivity contribution in [3.8, 4) is 0 Å². The monoisotopic (exact) mass is 258 g/mol. The summed E-state index contributed by atoms with van der Waals surface area (Å²) in [6.07, 6.45) is 1.61. The van der Waals surface area contributed by atoms with E-state index in [0.29, 0.717) is 17.7 Å². The molecule has 0 aromatic carbocycles. The van der Waals surface area contributed by atoms with Crippen molar-refractivity contribution in [1.82, 2.24) is 15.7 Å². The molecule has 0 aliphatic carbocycles. The Labute approximate surface area is 103 Å². The summed E-state index contributed by atoms with van der Waals surface area (Å²) < 4.78 is 1.58. The van der Waals surface area contributed by atoms with Crippen LogP contribution in [0, 0.1) is 10.1 Å². The molecule has 0 bridgehead atoms. The molecule has 0 aliphatic rings.